The molecule has 0 bridgehead atoms. The van der Waals surface area contributed by atoms with E-state index in [2.05, 4.69) is 74.8 Å². The fourth-order valence-corrected chi connectivity index (χ4v) is 5.80. The highest BCUT2D eigenvalue weighted by molar-refractivity contribution is 5.72. The van der Waals surface area contributed by atoms with Gasteiger partial charge in [0.15, 0.2) is 0 Å². The zero-order valence-corrected chi connectivity index (χ0v) is 22.2. The summed E-state index contributed by atoms with van der Waals surface area (Å²) in [4.78, 5) is 5.24. The van der Waals surface area contributed by atoms with Gasteiger partial charge in [-0.3, -0.25) is 4.90 Å². The Labute approximate surface area is 208 Å². The molecule has 184 valence electrons. The second kappa shape index (κ2) is 12.4. The predicted molar refractivity (Wildman–Crippen MR) is 146 cm³/mol. The molecule has 3 nitrogen and oxygen atoms in total. The largest absolute Gasteiger partial charge is 0.369 e. The van der Waals surface area contributed by atoms with E-state index in [1.54, 1.807) is 0 Å². The number of rotatable bonds is 11. The van der Waals surface area contributed by atoms with Crippen LogP contribution < -0.4 is 4.90 Å². The van der Waals surface area contributed by atoms with Crippen molar-refractivity contribution in [2.75, 3.05) is 37.6 Å². The standard InChI is InChI=1S/C31H45N3/c1-6-10-28(23-31(4,5)15-7-2)29-14-13-27(26-12-9-11-25(21-26)24-32)22-30(29)34-19-17-33(16-8-3)18-20-34/h9,11-14,21-22,28H,6-8,10,15-20,23H2,1-5H3. The molecule has 3 rings (SSSR count). The van der Waals surface area contributed by atoms with Gasteiger partial charge >= 0.3 is 0 Å². The summed E-state index contributed by atoms with van der Waals surface area (Å²) in [6.45, 7) is 17.5. The van der Waals surface area contributed by atoms with Crippen LogP contribution in [0, 0.1) is 16.7 Å². The van der Waals surface area contributed by atoms with Gasteiger partial charge in [0.25, 0.3) is 0 Å². The number of hydrogen-bond acceptors (Lipinski definition) is 3. The SMILES string of the molecule is CCCC(CC(C)(C)CCC)c1ccc(-c2cccc(C#N)c2)cc1N1CCN(CCC)CC1. The number of anilines is 1. The molecule has 0 saturated carbocycles. The van der Waals surface area contributed by atoms with E-state index in [0.29, 0.717) is 11.3 Å². The van der Waals surface area contributed by atoms with Gasteiger partial charge in [0.05, 0.1) is 11.6 Å². The van der Waals surface area contributed by atoms with Crippen LogP contribution in [0.1, 0.15) is 90.2 Å². The third-order valence-electron chi connectivity index (χ3n) is 7.41. The van der Waals surface area contributed by atoms with Gasteiger partial charge in [0.1, 0.15) is 0 Å². The molecule has 0 aromatic heterocycles. The van der Waals surface area contributed by atoms with Gasteiger partial charge in [-0.05, 0) is 78.5 Å². The first kappa shape index (κ1) is 26.3. The van der Waals surface area contributed by atoms with Gasteiger partial charge in [-0.15, -0.1) is 0 Å². The summed E-state index contributed by atoms with van der Waals surface area (Å²) in [7, 11) is 0. The van der Waals surface area contributed by atoms with E-state index in [9.17, 15) is 5.26 Å². The lowest BCUT2D eigenvalue weighted by Gasteiger charge is -2.39. The Hall–Kier alpha value is -2.31. The number of hydrogen-bond donors (Lipinski definition) is 0. The van der Waals surface area contributed by atoms with Gasteiger partial charge in [0.2, 0.25) is 0 Å². The summed E-state index contributed by atoms with van der Waals surface area (Å²) < 4.78 is 0. The summed E-state index contributed by atoms with van der Waals surface area (Å²) in [6, 6.07) is 17.4. The van der Waals surface area contributed by atoms with Crippen molar-refractivity contribution in [2.45, 2.75) is 79.1 Å². The van der Waals surface area contributed by atoms with Crippen LogP contribution in [0.5, 0.6) is 0 Å². The molecule has 1 saturated heterocycles. The van der Waals surface area contributed by atoms with Gasteiger partial charge in [-0.25, -0.2) is 0 Å². The van der Waals surface area contributed by atoms with Gasteiger partial charge in [-0.1, -0.05) is 71.7 Å². The minimum Gasteiger partial charge on any atom is -0.369 e. The molecule has 2 aromatic carbocycles. The van der Waals surface area contributed by atoms with Gasteiger partial charge in [-0.2, -0.15) is 5.26 Å². The van der Waals surface area contributed by atoms with Crippen LogP contribution in [0.2, 0.25) is 0 Å². The molecule has 1 aliphatic rings. The average Bonchev–Trinajstić information content (AvgIpc) is 2.84. The van der Waals surface area contributed by atoms with E-state index in [1.165, 1.54) is 61.9 Å². The zero-order chi connectivity index (χ0) is 24.6. The van der Waals surface area contributed by atoms with Crippen molar-refractivity contribution in [3.05, 3.63) is 53.6 Å². The summed E-state index contributed by atoms with van der Waals surface area (Å²) in [5.74, 6) is 0.578. The molecule has 1 unspecified atom stereocenters. The molecule has 0 radical (unpaired) electrons. The lowest BCUT2D eigenvalue weighted by atomic mass is 9.75. The van der Waals surface area contributed by atoms with Crippen molar-refractivity contribution >= 4 is 5.69 Å². The van der Waals surface area contributed by atoms with Crippen molar-refractivity contribution in [3.63, 3.8) is 0 Å². The van der Waals surface area contributed by atoms with Crippen molar-refractivity contribution in [1.29, 1.82) is 5.26 Å². The lowest BCUT2D eigenvalue weighted by molar-refractivity contribution is 0.257. The lowest BCUT2D eigenvalue weighted by Crippen LogP contribution is -2.47. The molecule has 0 aliphatic carbocycles. The molecule has 1 aliphatic heterocycles. The van der Waals surface area contributed by atoms with Crippen LogP contribution in [0.15, 0.2) is 42.5 Å². The van der Waals surface area contributed by atoms with E-state index >= 15 is 0 Å². The average molecular weight is 460 g/mol. The Bertz CT molecular complexity index is 947. The van der Waals surface area contributed by atoms with Crippen molar-refractivity contribution in [2.24, 2.45) is 5.41 Å². The third-order valence-corrected chi connectivity index (χ3v) is 7.41. The molecule has 1 atom stereocenters. The van der Waals surface area contributed by atoms with Crippen LogP contribution >= 0.6 is 0 Å². The van der Waals surface area contributed by atoms with Gasteiger partial charge < -0.3 is 4.90 Å². The smallest absolute Gasteiger partial charge is 0.0991 e. The maximum atomic E-state index is 9.40. The molecule has 1 heterocycles. The van der Waals surface area contributed by atoms with E-state index in [1.807, 2.05) is 18.2 Å². The Morgan fingerprint density at radius 2 is 1.65 bits per heavy atom. The molecule has 0 amide bonds. The molecule has 1 fully saturated rings. The Morgan fingerprint density at radius 1 is 0.912 bits per heavy atom. The van der Waals surface area contributed by atoms with Crippen LogP contribution in [0.25, 0.3) is 11.1 Å². The van der Waals surface area contributed by atoms with Crippen molar-refractivity contribution in [1.82, 2.24) is 4.90 Å². The first-order valence-electron chi connectivity index (χ1n) is 13.5. The second-order valence-electron chi connectivity index (χ2n) is 10.9. The topological polar surface area (TPSA) is 30.3 Å². The minimum absolute atomic E-state index is 0.353. The second-order valence-corrected chi connectivity index (χ2v) is 10.9. The Morgan fingerprint density at radius 3 is 2.29 bits per heavy atom. The van der Waals surface area contributed by atoms with E-state index < -0.39 is 0 Å². The summed E-state index contributed by atoms with van der Waals surface area (Å²) in [5.41, 5.74) is 6.37. The maximum Gasteiger partial charge on any atom is 0.0991 e. The van der Waals surface area contributed by atoms with Crippen LogP contribution in [0.4, 0.5) is 5.69 Å². The first-order chi connectivity index (χ1) is 16.4. The van der Waals surface area contributed by atoms with E-state index in [4.69, 9.17) is 0 Å². The highest BCUT2D eigenvalue weighted by Crippen LogP contribution is 2.42. The number of nitriles is 1. The third kappa shape index (κ3) is 6.86. The quantitative estimate of drug-likeness (QED) is 0.342. The summed E-state index contributed by atoms with van der Waals surface area (Å²) in [6.07, 6.45) is 7.42. The molecule has 0 N–H and O–H groups in total. The van der Waals surface area contributed by atoms with E-state index in [0.717, 1.165) is 37.3 Å². The molecule has 34 heavy (non-hydrogen) atoms. The molecule has 2 aromatic rings. The highest BCUT2D eigenvalue weighted by Gasteiger charge is 2.27. The molecular formula is C31H45N3. The summed E-state index contributed by atoms with van der Waals surface area (Å²) >= 11 is 0. The minimum atomic E-state index is 0.353. The van der Waals surface area contributed by atoms with Crippen molar-refractivity contribution < 1.29 is 0 Å². The zero-order valence-electron chi connectivity index (χ0n) is 22.2. The highest BCUT2D eigenvalue weighted by atomic mass is 15.3. The number of piperazine rings is 1. The maximum absolute atomic E-state index is 9.40. The first-order valence-corrected chi connectivity index (χ1v) is 13.5. The molecule has 3 heteroatoms. The fraction of sp³-hybridized carbons (Fsp3) is 0.581. The molecular weight excluding hydrogens is 414 g/mol. The Kier molecular flexibility index (Phi) is 9.60. The van der Waals surface area contributed by atoms with Crippen LogP contribution in [-0.2, 0) is 0 Å². The fourth-order valence-electron chi connectivity index (χ4n) is 5.80. The number of nitrogens with zero attached hydrogens (tertiary/aromatic N) is 3. The normalized spacial score (nSPS) is 15.8. The number of benzene rings is 2. The summed E-state index contributed by atoms with van der Waals surface area (Å²) in [5, 5.41) is 9.40. The Balaban J connectivity index is 2.00. The van der Waals surface area contributed by atoms with Crippen molar-refractivity contribution in [3.8, 4) is 17.2 Å². The van der Waals surface area contributed by atoms with Crippen LogP contribution in [-0.4, -0.2) is 37.6 Å². The predicted octanol–water partition coefficient (Wildman–Crippen LogP) is 7.86. The van der Waals surface area contributed by atoms with E-state index in [-0.39, 0.29) is 0 Å². The van der Waals surface area contributed by atoms with Gasteiger partial charge in [0, 0.05) is 31.9 Å². The monoisotopic (exact) mass is 459 g/mol. The molecule has 0 spiro atoms. The van der Waals surface area contributed by atoms with Crippen LogP contribution in [0.3, 0.4) is 0 Å².